The predicted octanol–water partition coefficient (Wildman–Crippen LogP) is 4.54. The maximum Gasteiger partial charge on any atom is 0.243 e. The molecular weight excluding hydrogens is 512 g/mol. The molecule has 2 aromatic carbocycles. The fraction of sp³-hybridized carbons (Fsp3) is 0.517. The minimum Gasteiger partial charge on any atom is -0.393 e. The Kier molecular flexibility index (Phi) is 5.57. The monoisotopic (exact) mass is 543 g/mol. The molecule has 1 spiro atoms. The third-order valence-corrected chi connectivity index (χ3v) is 9.25. The van der Waals surface area contributed by atoms with Crippen LogP contribution in [0, 0.1) is 17.0 Å². The molecule has 0 radical (unpaired) electrons. The van der Waals surface area contributed by atoms with Crippen LogP contribution >= 0.6 is 11.6 Å². The molecule has 1 saturated heterocycles. The molecule has 0 aromatic heterocycles. The SMILES string of the molecule is CC(C)(C)C[C@@]12N[C@]1(C(=O)NC1CCC(O)CC1)[C@H](c1cccc(Cl)c1)[C@@]21C(=O)Nc2cc(F)c(F)cc21. The summed E-state index contributed by atoms with van der Waals surface area (Å²) in [7, 11) is 0. The Hall–Kier alpha value is -2.55. The summed E-state index contributed by atoms with van der Waals surface area (Å²) in [6.07, 6.45) is 2.63. The molecule has 202 valence electrons. The average Bonchev–Trinajstić information content (AvgIpc) is 3.27. The second-order valence-corrected chi connectivity index (χ2v) is 13.1. The van der Waals surface area contributed by atoms with Gasteiger partial charge in [0.25, 0.3) is 0 Å². The lowest BCUT2D eigenvalue weighted by Gasteiger charge is -2.56. The molecular formula is C29H32ClF2N3O3. The van der Waals surface area contributed by atoms with Gasteiger partial charge in [0.2, 0.25) is 11.8 Å². The Balaban J connectivity index is 1.53. The Bertz CT molecular complexity index is 1360. The van der Waals surface area contributed by atoms with Crippen molar-refractivity contribution >= 4 is 29.1 Å². The number of hydrogen-bond donors (Lipinski definition) is 4. The summed E-state index contributed by atoms with van der Waals surface area (Å²) >= 11 is 6.39. The molecule has 2 aliphatic heterocycles. The van der Waals surface area contributed by atoms with E-state index in [0.29, 0.717) is 48.3 Å². The van der Waals surface area contributed by atoms with E-state index in [1.807, 2.05) is 26.8 Å². The standard InChI is InChI=1S/C29H32ClF2N3O3/c1-26(2,3)14-27-28(19-12-20(31)21(32)13-22(19)34-24(28)37)23(15-5-4-6-16(30)11-15)29(27,35-27)25(38)33-17-7-9-18(36)10-8-17/h4-6,11-13,17-18,23,35-36H,7-10,14H2,1-3H3,(H,33,38)(H,34,37)/t17?,18?,23-,27+,28+,29+/m1/s1. The number of anilines is 1. The Labute approximate surface area is 225 Å². The van der Waals surface area contributed by atoms with Gasteiger partial charge in [-0.15, -0.1) is 0 Å². The Morgan fingerprint density at radius 1 is 1.13 bits per heavy atom. The van der Waals surface area contributed by atoms with Crippen LogP contribution in [-0.2, 0) is 15.0 Å². The second-order valence-electron chi connectivity index (χ2n) is 12.6. The van der Waals surface area contributed by atoms with E-state index in [2.05, 4.69) is 16.0 Å². The molecule has 6 rings (SSSR count). The van der Waals surface area contributed by atoms with Crippen molar-refractivity contribution in [3.8, 4) is 0 Å². The molecule has 2 heterocycles. The minimum absolute atomic E-state index is 0.0946. The lowest BCUT2D eigenvalue weighted by Crippen LogP contribution is -2.73. The quantitative estimate of drug-likeness (QED) is 0.425. The summed E-state index contributed by atoms with van der Waals surface area (Å²) in [5, 5.41) is 19.9. The van der Waals surface area contributed by atoms with Crippen molar-refractivity contribution in [1.29, 1.82) is 0 Å². The van der Waals surface area contributed by atoms with Gasteiger partial charge in [-0.3, -0.25) is 14.9 Å². The average molecular weight is 544 g/mol. The number of carbonyl (C=O) groups excluding carboxylic acids is 2. The van der Waals surface area contributed by atoms with Gasteiger partial charge in [-0.25, -0.2) is 8.78 Å². The number of rotatable bonds is 4. The number of aliphatic hydroxyl groups excluding tert-OH is 1. The van der Waals surface area contributed by atoms with Crippen molar-refractivity contribution in [1.82, 2.24) is 10.6 Å². The summed E-state index contributed by atoms with van der Waals surface area (Å²) < 4.78 is 29.0. The topological polar surface area (TPSA) is 100 Å². The maximum atomic E-state index is 14.7. The highest BCUT2D eigenvalue weighted by Gasteiger charge is 2.97. The van der Waals surface area contributed by atoms with Crippen molar-refractivity contribution in [2.75, 3.05) is 5.32 Å². The number of amides is 2. The van der Waals surface area contributed by atoms with Crippen LogP contribution < -0.4 is 16.0 Å². The normalized spacial score (nSPS) is 35.2. The molecule has 4 atom stereocenters. The van der Waals surface area contributed by atoms with Gasteiger partial charge in [-0.2, -0.15) is 0 Å². The number of carbonyl (C=O) groups is 2. The van der Waals surface area contributed by atoms with Crippen molar-refractivity contribution < 1.29 is 23.5 Å². The number of fused-ring (bicyclic) bond motifs is 4. The molecule has 4 aliphatic rings. The van der Waals surface area contributed by atoms with E-state index in [1.165, 1.54) is 0 Å². The van der Waals surface area contributed by atoms with Crippen LogP contribution in [0.3, 0.4) is 0 Å². The van der Waals surface area contributed by atoms with E-state index in [-0.39, 0.29) is 35.1 Å². The van der Waals surface area contributed by atoms with Crippen LogP contribution in [0.25, 0.3) is 0 Å². The van der Waals surface area contributed by atoms with Gasteiger partial charge in [-0.1, -0.05) is 44.5 Å². The van der Waals surface area contributed by atoms with E-state index in [9.17, 15) is 23.5 Å². The van der Waals surface area contributed by atoms with Gasteiger partial charge in [0.15, 0.2) is 11.6 Å². The smallest absolute Gasteiger partial charge is 0.243 e. The lowest BCUT2D eigenvalue weighted by molar-refractivity contribution is -0.136. The first-order valence-corrected chi connectivity index (χ1v) is 13.6. The van der Waals surface area contributed by atoms with E-state index in [0.717, 1.165) is 12.1 Å². The van der Waals surface area contributed by atoms with Crippen molar-refractivity contribution in [3.63, 3.8) is 0 Å². The molecule has 3 fully saturated rings. The van der Waals surface area contributed by atoms with Gasteiger partial charge in [-0.05, 0) is 66.8 Å². The molecule has 0 unspecified atom stereocenters. The largest absolute Gasteiger partial charge is 0.393 e. The molecule has 2 saturated carbocycles. The summed E-state index contributed by atoms with van der Waals surface area (Å²) in [5.74, 6) is -3.41. The highest BCUT2D eigenvalue weighted by molar-refractivity contribution is 6.30. The summed E-state index contributed by atoms with van der Waals surface area (Å²) in [4.78, 5) is 28.3. The van der Waals surface area contributed by atoms with Crippen molar-refractivity contribution in [2.45, 2.75) is 87.4 Å². The fourth-order valence-electron chi connectivity index (χ4n) is 7.76. The van der Waals surface area contributed by atoms with Gasteiger partial charge in [0, 0.05) is 28.7 Å². The van der Waals surface area contributed by atoms with Crippen LogP contribution in [-0.4, -0.2) is 40.1 Å². The first-order valence-electron chi connectivity index (χ1n) is 13.2. The van der Waals surface area contributed by atoms with Crippen LogP contribution in [0.5, 0.6) is 0 Å². The molecule has 4 N–H and O–H groups in total. The molecule has 2 aliphatic carbocycles. The summed E-state index contributed by atoms with van der Waals surface area (Å²) in [5.41, 5.74) is -2.59. The number of aliphatic hydroxyl groups is 1. The molecule has 9 heteroatoms. The van der Waals surface area contributed by atoms with E-state index in [4.69, 9.17) is 11.6 Å². The second kappa shape index (κ2) is 8.23. The fourth-order valence-corrected chi connectivity index (χ4v) is 7.96. The van der Waals surface area contributed by atoms with E-state index < -0.39 is 34.0 Å². The number of benzene rings is 2. The van der Waals surface area contributed by atoms with E-state index in [1.54, 1.807) is 18.2 Å². The zero-order valence-corrected chi connectivity index (χ0v) is 22.4. The van der Waals surface area contributed by atoms with Gasteiger partial charge in [0.05, 0.1) is 11.6 Å². The Morgan fingerprint density at radius 3 is 2.47 bits per heavy atom. The van der Waals surface area contributed by atoms with Gasteiger partial charge in [0.1, 0.15) is 11.0 Å². The van der Waals surface area contributed by atoms with Gasteiger partial charge < -0.3 is 15.7 Å². The number of hydrogen-bond acceptors (Lipinski definition) is 4. The first-order chi connectivity index (χ1) is 17.9. The maximum absolute atomic E-state index is 14.7. The molecule has 38 heavy (non-hydrogen) atoms. The highest BCUT2D eigenvalue weighted by Crippen LogP contribution is 2.79. The number of halogens is 3. The molecule has 2 amide bonds. The highest BCUT2D eigenvalue weighted by atomic mass is 35.5. The van der Waals surface area contributed by atoms with Crippen LogP contribution in [0.15, 0.2) is 36.4 Å². The number of nitrogens with one attached hydrogen (secondary N) is 3. The third-order valence-electron chi connectivity index (χ3n) is 9.02. The summed E-state index contributed by atoms with van der Waals surface area (Å²) in [6.45, 7) is 6.10. The lowest BCUT2D eigenvalue weighted by atomic mass is 9.41. The molecule has 2 aromatic rings. The van der Waals surface area contributed by atoms with E-state index >= 15 is 0 Å². The van der Waals surface area contributed by atoms with Crippen molar-refractivity contribution in [2.24, 2.45) is 5.41 Å². The van der Waals surface area contributed by atoms with Crippen LogP contribution in [0.1, 0.15) is 69.9 Å². The Morgan fingerprint density at radius 2 is 1.82 bits per heavy atom. The molecule has 0 bridgehead atoms. The predicted molar refractivity (Wildman–Crippen MR) is 140 cm³/mol. The van der Waals surface area contributed by atoms with Gasteiger partial charge >= 0.3 is 0 Å². The first kappa shape index (κ1) is 25.7. The third kappa shape index (κ3) is 3.29. The van der Waals surface area contributed by atoms with Crippen LogP contribution in [0.2, 0.25) is 5.02 Å². The summed E-state index contributed by atoms with van der Waals surface area (Å²) in [6, 6.07) is 9.09. The molecule has 6 nitrogen and oxygen atoms in total. The zero-order valence-electron chi connectivity index (χ0n) is 21.6. The zero-order chi connectivity index (χ0) is 27.3. The van der Waals surface area contributed by atoms with Crippen LogP contribution in [0.4, 0.5) is 14.5 Å². The van der Waals surface area contributed by atoms with Crippen molar-refractivity contribution in [3.05, 3.63) is 64.2 Å². The minimum atomic E-state index is -1.35.